The van der Waals surface area contributed by atoms with E-state index in [1.54, 1.807) is 24.3 Å². The van der Waals surface area contributed by atoms with E-state index in [2.05, 4.69) is 21.0 Å². The first-order valence-electron chi connectivity index (χ1n) is 8.03. The van der Waals surface area contributed by atoms with Gasteiger partial charge in [-0.1, -0.05) is 17.7 Å². The molecule has 0 radical (unpaired) electrons. The van der Waals surface area contributed by atoms with Crippen molar-refractivity contribution in [2.45, 2.75) is 17.7 Å². The number of aliphatic carboxylic acids is 1. The number of aromatic nitrogens is 3. The Labute approximate surface area is 178 Å². The first-order chi connectivity index (χ1) is 13.4. The molecule has 3 rings (SSSR count). The average Bonchev–Trinajstić information content (AvgIpc) is 3.02. The van der Waals surface area contributed by atoms with Crippen LogP contribution in [0.4, 0.5) is 0 Å². The number of carboxylic acids is 1. The number of carbonyl (C=O) groups is 1. The molecule has 0 amide bonds. The second-order valence-corrected chi connectivity index (χ2v) is 7.96. The summed E-state index contributed by atoms with van der Waals surface area (Å²) in [6.45, 7) is 1.44. The molecule has 0 spiro atoms. The van der Waals surface area contributed by atoms with E-state index in [4.69, 9.17) is 21.4 Å². The Bertz CT molecular complexity index is 1080. The van der Waals surface area contributed by atoms with Crippen molar-refractivity contribution < 1.29 is 14.6 Å². The summed E-state index contributed by atoms with van der Waals surface area (Å²) in [6.07, 6.45) is 1.45. The average molecular weight is 485 g/mol. The molecule has 10 heteroatoms. The lowest BCUT2D eigenvalue weighted by atomic mass is 10.2. The highest BCUT2D eigenvalue weighted by Crippen LogP contribution is 2.28. The number of benzene rings is 2. The Morgan fingerprint density at radius 2 is 2.14 bits per heavy atom. The summed E-state index contributed by atoms with van der Waals surface area (Å²) >= 11 is 10.9. The quantitative estimate of drug-likeness (QED) is 0.511. The van der Waals surface area contributed by atoms with Gasteiger partial charge in [0.1, 0.15) is 12.1 Å². The van der Waals surface area contributed by atoms with E-state index < -0.39 is 5.97 Å². The Morgan fingerprint density at radius 3 is 2.86 bits per heavy atom. The van der Waals surface area contributed by atoms with Gasteiger partial charge in [-0.25, -0.2) is 18.8 Å². The molecule has 0 aliphatic carbocycles. The van der Waals surface area contributed by atoms with Crippen molar-refractivity contribution in [2.75, 3.05) is 6.61 Å². The normalized spacial score (nSPS) is 10.8. The number of ether oxygens (including phenoxy) is 1. The maximum absolute atomic E-state index is 12.6. The monoisotopic (exact) mass is 483 g/mol. The van der Waals surface area contributed by atoms with E-state index in [0.717, 1.165) is 10.5 Å². The number of aryl methyl sites for hydroxylation is 1. The van der Waals surface area contributed by atoms with Crippen molar-refractivity contribution in [1.29, 1.82) is 0 Å². The van der Waals surface area contributed by atoms with Crippen LogP contribution in [0.3, 0.4) is 0 Å². The molecule has 7 nitrogen and oxygen atoms in total. The third-order valence-electron chi connectivity index (χ3n) is 3.78. The second-order valence-electron chi connectivity index (χ2n) is 5.74. The molecule has 0 atom stereocenters. The van der Waals surface area contributed by atoms with E-state index in [0.29, 0.717) is 26.8 Å². The Morgan fingerprint density at radius 1 is 1.36 bits per heavy atom. The van der Waals surface area contributed by atoms with Gasteiger partial charge < -0.3 is 9.84 Å². The summed E-state index contributed by atoms with van der Waals surface area (Å²) < 4.78 is 8.61. The molecular formula is C18H15BrClN3O4S. The van der Waals surface area contributed by atoms with Crippen LogP contribution in [-0.4, -0.2) is 32.0 Å². The van der Waals surface area contributed by atoms with Gasteiger partial charge in [0.15, 0.2) is 6.61 Å². The van der Waals surface area contributed by atoms with E-state index in [1.807, 2.05) is 19.1 Å². The molecule has 3 aromatic rings. The first kappa shape index (κ1) is 20.5. The summed E-state index contributed by atoms with van der Waals surface area (Å²) in [5.41, 5.74) is 1.14. The second kappa shape index (κ2) is 8.85. The van der Waals surface area contributed by atoms with Crippen LogP contribution in [0, 0.1) is 6.92 Å². The van der Waals surface area contributed by atoms with Crippen molar-refractivity contribution in [2.24, 2.45) is 0 Å². The molecule has 2 aromatic carbocycles. The van der Waals surface area contributed by atoms with E-state index in [1.165, 1.54) is 27.3 Å². The minimum Gasteiger partial charge on any atom is -0.482 e. The minimum atomic E-state index is -1.03. The molecule has 0 saturated heterocycles. The summed E-state index contributed by atoms with van der Waals surface area (Å²) in [4.78, 5) is 24.1. The van der Waals surface area contributed by atoms with Crippen molar-refractivity contribution in [1.82, 2.24) is 14.3 Å². The Kier molecular flexibility index (Phi) is 6.48. The van der Waals surface area contributed by atoms with Crippen LogP contribution < -0.4 is 10.4 Å². The maximum Gasteiger partial charge on any atom is 0.351 e. The predicted molar refractivity (Wildman–Crippen MR) is 111 cm³/mol. The van der Waals surface area contributed by atoms with Crippen molar-refractivity contribution in [3.8, 4) is 11.4 Å². The molecule has 0 fully saturated rings. The number of hydrogen-bond acceptors (Lipinski definition) is 5. The van der Waals surface area contributed by atoms with Gasteiger partial charge in [0.2, 0.25) is 0 Å². The third kappa shape index (κ3) is 4.60. The zero-order valence-corrected chi connectivity index (χ0v) is 17.8. The molecule has 1 heterocycles. The summed E-state index contributed by atoms with van der Waals surface area (Å²) in [7, 11) is 0. The fraction of sp³-hybridized carbons (Fsp3) is 0.167. The Balaban J connectivity index is 1.73. The van der Waals surface area contributed by atoms with E-state index in [-0.39, 0.29) is 12.3 Å². The lowest BCUT2D eigenvalue weighted by Crippen LogP contribution is -2.23. The van der Waals surface area contributed by atoms with Crippen molar-refractivity contribution >= 4 is 45.3 Å². The molecule has 0 saturated carbocycles. The number of halogens is 2. The highest BCUT2D eigenvalue weighted by atomic mass is 79.9. The number of rotatable bonds is 7. The topological polar surface area (TPSA) is 86.4 Å². The van der Waals surface area contributed by atoms with Gasteiger partial charge in [-0.2, -0.15) is 5.10 Å². The van der Waals surface area contributed by atoms with Gasteiger partial charge in [0.05, 0.1) is 21.1 Å². The zero-order valence-electron chi connectivity index (χ0n) is 14.6. The van der Waals surface area contributed by atoms with Crippen LogP contribution in [0.5, 0.6) is 5.75 Å². The number of hydrogen-bond donors (Lipinski definition) is 1. The highest BCUT2D eigenvalue weighted by molar-refractivity contribution is 9.10. The van der Waals surface area contributed by atoms with Gasteiger partial charge >= 0.3 is 11.7 Å². The lowest BCUT2D eigenvalue weighted by Gasteiger charge is -2.09. The largest absolute Gasteiger partial charge is 0.482 e. The number of nitrogens with zero attached hydrogens (tertiary/aromatic N) is 3. The van der Waals surface area contributed by atoms with E-state index >= 15 is 0 Å². The summed E-state index contributed by atoms with van der Waals surface area (Å²) in [5, 5.41) is 13.4. The minimum absolute atomic E-state index is 0.284. The SMILES string of the molecule is Cc1cc(SCn2ncn(-c3cccc(Cl)c3Br)c2=O)ccc1OCC(=O)O. The van der Waals surface area contributed by atoms with Crippen LogP contribution in [0.1, 0.15) is 5.56 Å². The van der Waals surface area contributed by atoms with Gasteiger partial charge in [0, 0.05) is 4.90 Å². The molecule has 146 valence electrons. The molecule has 0 aliphatic rings. The molecule has 0 aliphatic heterocycles. The molecule has 1 aromatic heterocycles. The maximum atomic E-state index is 12.6. The smallest absolute Gasteiger partial charge is 0.351 e. The fourth-order valence-electron chi connectivity index (χ4n) is 2.42. The summed E-state index contributed by atoms with van der Waals surface area (Å²) in [5.74, 6) is -0.197. The molecule has 1 N–H and O–H groups in total. The standard InChI is InChI=1S/C18H15BrClN3O4S/c1-11-7-12(5-6-15(11)27-8-16(24)25)28-10-23-18(26)22(9-21-23)14-4-2-3-13(20)17(14)19/h2-7,9H,8,10H2,1H3,(H,24,25). The highest BCUT2D eigenvalue weighted by Gasteiger charge is 2.12. The van der Waals surface area contributed by atoms with Gasteiger partial charge in [-0.3, -0.25) is 0 Å². The predicted octanol–water partition coefficient (Wildman–Crippen LogP) is 3.97. The van der Waals surface area contributed by atoms with Gasteiger partial charge in [0.25, 0.3) is 0 Å². The van der Waals surface area contributed by atoms with Gasteiger partial charge in [-0.15, -0.1) is 11.8 Å². The Hall–Kier alpha value is -2.23. The zero-order chi connectivity index (χ0) is 20.3. The first-order valence-corrected chi connectivity index (χ1v) is 10.2. The number of thioether (sulfide) groups is 1. The van der Waals surface area contributed by atoms with Crippen LogP contribution >= 0.6 is 39.3 Å². The fourth-order valence-corrected chi connectivity index (χ4v) is 3.92. The van der Waals surface area contributed by atoms with Crippen LogP contribution in [-0.2, 0) is 10.7 Å². The summed E-state index contributed by atoms with van der Waals surface area (Å²) in [6, 6.07) is 10.7. The third-order valence-corrected chi connectivity index (χ3v) is 6.11. The van der Waals surface area contributed by atoms with Crippen molar-refractivity contribution in [3.63, 3.8) is 0 Å². The van der Waals surface area contributed by atoms with Crippen LogP contribution in [0.25, 0.3) is 5.69 Å². The van der Waals surface area contributed by atoms with E-state index in [9.17, 15) is 9.59 Å². The molecular weight excluding hydrogens is 470 g/mol. The lowest BCUT2D eigenvalue weighted by molar-refractivity contribution is -0.139. The van der Waals surface area contributed by atoms with Crippen LogP contribution in [0.15, 0.2) is 56.9 Å². The molecule has 0 bridgehead atoms. The van der Waals surface area contributed by atoms with Gasteiger partial charge in [-0.05, 0) is 58.7 Å². The number of carboxylic acid groups (broad SMARTS) is 1. The molecule has 0 unspecified atom stereocenters. The van der Waals surface area contributed by atoms with Crippen LogP contribution in [0.2, 0.25) is 5.02 Å². The van der Waals surface area contributed by atoms with Crippen molar-refractivity contribution in [3.05, 3.63) is 68.3 Å². The molecule has 28 heavy (non-hydrogen) atoms.